The maximum atomic E-state index is 13.5. The van der Waals surface area contributed by atoms with Crippen LogP contribution in [-0.4, -0.2) is 85.7 Å². The van der Waals surface area contributed by atoms with Crippen LogP contribution < -0.4 is 5.14 Å². The molecule has 1 aliphatic rings. The molecule has 0 aliphatic carbocycles. The van der Waals surface area contributed by atoms with Gasteiger partial charge in [-0.2, -0.15) is 4.58 Å². The number of carbonyl (C=O) groups excluding carboxylic acids is 2. The van der Waals surface area contributed by atoms with Gasteiger partial charge in [0.25, 0.3) is 5.91 Å². The van der Waals surface area contributed by atoms with Crippen LogP contribution in [0.1, 0.15) is 34.0 Å². The van der Waals surface area contributed by atoms with E-state index in [2.05, 4.69) is 11.5 Å². The summed E-state index contributed by atoms with van der Waals surface area (Å²) in [6.45, 7) is 11.9. The zero-order valence-electron chi connectivity index (χ0n) is 22.5. The Morgan fingerprint density at radius 2 is 1.84 bits per heavy atom. The second-order valence-electron chi connectivity index (χ2n) is 9.42. The van der Waals surface area contributed by atoms with Crippen molar-refractivity contribution in [1.29, 1.82) is 0 Å². The first-order valence-electron chi connectivity index (χ1n) is 12.0. The number of nitrogens with two attached hydrogens (primary N) is 1. The zero-order valence-corrected chi connectivity index (χ0v) is 23.3. The summed E-state index contributed by atoms with van der Waals surface area (Å²) in [5.41, 5.74) is 2.94. The standard InChI is InChI=1S/C17H22FN2O.C10H14N2O4S/c1-4-17(21)20-10-9-19(12-14(20)3)8-7-15-6-5-13(2)16(18)11-15;1-6-4-8(13)7(10(14)12(2)3)5-9(6)17(11,15)16/h4-6,11H,1,7-10,12H2,2-3H3;4-5,13H,1-3H3,(H2,11,15,16)/q+1;. The Bertz CT molecular complexity index is 1370. The van der Waals surface area contributed by atoms with Crippen molar-refractivity contribution in [3.63, 3.8) is 0 Å². The van der Waals surface area contributed by atoms with Crippen molar-refractivity contribution in [3.8, 4) is 5.75 Å². The van der Waals surface area contributed by atoms with Gasteiger partial charge in [-0.1, -0.05) is 18.7 Å². The minimum absolute atomic E-state index is 0.0345. The normalized spacial score (nSPS) is 14.0. The molecule has 9 nitrogen and oxygen atoms in total. The molecule has 1 heterocycles. The molecule has 0 spiro atoms. The Hall–Kier alpha value is -3.41. The molecule has 0 bridgehead atoms. The van der Waals surface area contributed by atoms with Gasteiger partial charge in [0.05, 0.1) is 23.5 Å². The summed E-state index contributed by atoms with van der Waals surface area (Å²) < 4.78 is 37.8. The van der Waals surface area contributed by atoms with Gasteiger partial charge in [0, 0.05) is 33.6 Å². The van der Waals surface area contributed by atoms with Crippen LogP contribution in [0.2, 0.25) is 0 Å². The molecule has 3 rings (SSSR count). The van der Waals surface area contributed by atoms with E-state index < -0.39 is 15.9 Å². The molecule has 0 aromatic heterocycles. The summed E-state index contributed by atoms with van der Waals surface area (Å²) in [6.07, 6.45) is 2.17. The molecular formula is C27H36FN4O5S+. The molecule has 1 aliphatic heterocycles. The maximum absolute atomic E-state index is 13.5. The fourth-order valence-electron chi connectivity index (χ4n) is 3.99. The molecule has 206 valence electrons. The third kappa shape index (κ3) is 8.04. The predicted octanol–water partition coefficient (Wildman–Crippen LogP) is 2.23. The van der Waals surface area contributed by atoms with Crippen LogP contribution in [0.3, 0.4) is 0 Å². The molecule has 0 saturated carbocycles. The fraction of sp³-hybridized carbons (Fsp3) is 0.370. The van der Waals surface area contributed by atoms with Crippen LogP contribution in [0.15, 0.2) is 47.9 Å². The minimum atomic E-state index is -3.91. The molecule has 0 radical (unpaired) electrons. The molecule has 3 N–H and O–H groups in total. The molecule has 2 aromatic rings. The van der Waals surface area contributed by atoms with Gasteiger partial charge >= 0.3 is 5.91 Å². The number of aromatic hydroxyl groups is 1. The maximum Gasteiger partial charge on any atom is 0.411 e. The number of carbonyl (C=O) groups is 2. The van der Waals surface area contributed by atoms with Crippen LogP contribution in [-0.2, 0) is 21.2 Å². The number of hydrogen-bond acceptors (Lipinski definition) is 6. The van der Waals surface area contributed by atoms with Crippen molar-refractivity contribution in [1.82, 2.24) is 9.80 Å². The number of amides is 2. The molecule has 0 saturated heterocycles. The van der Waals surface area contributed by atoms with Crippen LogP contribution in [0.4, 0.5) is 4.39 Å². The van der Waals surface area contributed by atoms with Crippen LogP contribution in [0.5, 0.6) is 5.75 Å². The molecular weight excluding hydrogens is 511 g/mol. The first-order chi connectivity index (χ1) is 17.6. The Balaban J connectivity index is 0.000000273. The highest BCUT2D eigenvalue weighted by atomic mass is 32.2. The largest absolute Gasteiger partial charge is 0.507 e. The summed E-state index contributed by atoms with van der Waals surface area (Å²) >= 11 is 0. The van der Waals surface area contributed by atoms with Crippen molar-refractivity contribution in [2.45, 2.75) is 32.1 Å². The zero-order chi connectivity index (χ0) is 28.8. The fourth-order valence-corrected chi connectivity index (χ4v) is 4.78. The lowest BCUT2D eigenvalue weighted by Crippen LogP contribution is -2.46. The van der Waals surface area contributed by atoms with E-state index in [1.807, 2.05) is 19.1 Å². The van der Waals surface area contributed by atoms with E-state index in [9.17, 15) is 27.5 Å². The molecule has 2 amide bonds. The second-order valence-corrected chi connectivity index (χ2v) is 10.9. The van der Waals surface area contributed by atoms with Gasteiger partial charge in [-0.3, -0.25) is 9.69 Å². The monoisotopic (exact) mass is 547 g/mol. The quantitative estimate of drug-likeness (QED) is 0.422. The van der Waals surface area contributed by atoms with Gasteiger partial charge in [0.15, 0.2) is 12.3 Å². The van der Waals surface area contributed by atoms with Gasteiger partial charge < -0.3 is 10.0 Å². The Morgan fingerprint density at radius 3 is 2.37 bits per heavy atom. The third-order valence-corrected chi connectivity index (χ3v) is 7.24. The van der Waals surface area contributed by atoms with Crippen LogP contribution >= 0.6 is 0 Å². The molecule has 11 heteroatoms. The number of sulfonamides is 1. The van der Waals surface area contributed by atoms with Crippen molar-refractivity contribution in [2.24, 2.45) is 5.14 Å². The summed E-state index contributed by atoms with van der Waals surface area (Å²) in [4.78, 5) is 26.7. The number of nitrogens with zero attached hydrogens (tertiary/aromatic N) is 3. The molecule has 0 fully saturated rings. The van der Waals surface area contributed by atoms with Gasteiger partial charge in [-0.05, 0) is 55.2 Å². The lowest BCUT2D eigenvalue weighted by molar-refractivity contribution is -0.451. The summed E-state index contributed by atoms with van der Waals surface area (Å²) in [5.74, 6) is -0.939. The van der Waals surface area contributed by atoms with E-state index in [1.54, 1.807) is 17.6 Å². The number of benzene rings is 2. The van der Waals surface area contributed by atoms with E-state index in [0.717, 1.165) is 43.4 Å². The first-order valence-corrected chi connectivity index (χ1v) is 13.5. The van der Waals surface area contributed by atoms with E-state index in [-0.39, 0.29) is 27.9 Å². The van der Waals surface area contributed by atoms with E-state index in [4.69, 9.17) is 5.14 Å². The Labute approximate surface area is 223 Å². The predicted molar refractivity (Wildman–Crippen MR) is 145 cm³/mol. The van der Waals surface area contributed by atoms with Gasteiger partial charge in [-0.15, -0.1) is 0 Å². The van der Waals surface area contributed by atoms with Gasteiger partial charge in [0.1, 0.15) is 11.6 Å². The second kappa shape index (κ2) is 12.9. The number of phenols is 1. The minimum Gasteiger partial charge on any atom is -0.507 e. The first kappa shape index (κ1) is 30.8. The topological polar surface area (TPSA) is 124 Å². The summed E-state index contributed by atoms with van der Waals surface area (Å²) in [6, 6.07) is 7.71. The molecule has 38 heavy (non-hydrogen) atoms. The smallest absolute Gasteiger partial charge is 0.411 e. The third-order valence-electron chi connectivity index (χ3n) is 6.18. The number of hydrogen-bond donors (Lipinski definition) is 2. The van der Waals surface area contributed by atoms with Gasteiger partial charge in [0.2, 0.25) is 10.0 Å². The Morgan fingerprint density at radius 1 is 1.18 bits per heavy atom. The average molecular weight is 548 g/mol. The SMILES string of the molecule is C=CC(=O)[N+]1=C(C)CN(CCc2ccc(C)c(F)c2)CC1.Cc1cc(O)c(C(=O)N(C)C)cc1S(N)(=O)=O. The lowest BCUT2D eigenvalue weighted by atomic mass is 10.1. The van der Waals surface area contributed by atoms with E-state index in [1.165, 1.54) is 38.1 Å². The van der Waals surface area contributed by atoms with Crippen molar-refractivity contribution in [2.75, 3.05) is 40.3 Å². The van der Waals surface area contributed by atoms with Crippen LogP contribution in [0, 0.1) is 19.7 Å². The summed E-state index contributed by atoms with van der Waals surface area (Å²) in [5, 5.41) is 14.6. The van der Waals surface area contributed by atoms with Crippen molar-refractivity contribution in [3.05, 3.63) is 71.1 Å². The molecule has 0 atom stereocenters. The average Bonchev–Trinajstić information content (AvgIpc) is 2.83. The molecule has 0 unspecified atom stereocenters. The lowest BCUT2D eigenvalue weighted by Gasteiger charge is -2.24. The summed E-state index contributed by atoms with van der Waals surface area (Å²) in [7, 11) is -0.917. The Kier molecular flexibility index (Phi) is 10.5. The van der Waals surface area contributed by atoms with Crippen LogP contribution in [0.25, 0.3) is 0 Å². The highest BCUT2D eigenvalue weighted by Gasteiger charge is 2.26. The highest BCUT2D eigenvalue weighted by Crippen LogP contribution is 2.25. The molecule has 2 aromatic carbocycles. The van der Waals surface area contributed by atoms with E-state index in [0.29, 0.717) is 17.7 Å². The highest BCUT2D eigenvalue weighted by molar-refractivity contribution is 7.89. The number of rotatable bonds is 6. The number of halogens is 1. The van der Waals surface area contributed by atoms with Gasteiger partial charge in [-0.25, -0.2) is 22.7 Å². The van der Waals surface area contributed by atoms with Crippen molar-refractivity contribution < 1.29 is 32.1 Å². The number of aryl methyl sites for hydroxylation is 2. The van der Waals surface area contributed by atoms with E-state index >= 15 is 0 Å². The number of phenolic OH excluding ortho intramolecular Hbond substituents is 1. The number of primary sulfonamides is 1. The van der Waals surface area contributed by atoms with Crippen molar-refractivity contribution >= 4 is 27.5 Å².